The first-order valence-corrected chi connectivity index (χ1v) is 6.41. The predicted octanol–water partition coefficient (Wildman–Crippen LogP) is 2.58. The number of halogens is 3. The Morgan fingerprint density at radius 1 is 1.18 bits per heavy atom. The minimum Gasteiger partial charge on any atom is -0.317 e. The van der Waals surface area contributed by atoms with Crippen molar-refractivity contribution in [3.63, 3.8) is 0 Å². The summed E-state index contributed by atoms with van der Waals surface area (Å²) in [5, 5.41) is 11.3. The summed E-state index contributed by atoms with van der Waals surface area (Å²) in [6.45, 7) is 3.92. The fraction of sp³-hybridized carbons (Fsp3) is 0.800. The van der Waals surface area contributed by atoms with Crippen molar-refractivity contribution in [2.45, 2.75) is 38.8 Å². The van der Waals surface area contributed by atoms with E-state index in [9.17, 15) is 13.2 Å². The lowest BCUT2D eigenvalue weighted by atomic mass is 10.3. The van der Waals surface area contributed by atoms with Crippen molar-refractivity contribution in [1.82, 2.24) is 15.5 Å². The molecule has 17 heavy (non-hydrogen) atoms. The zero-order valence-electron chi connectivity index (χ0n) is 9.68. The van der Waals surface area contributed by atoms with E-state index in [2.05, 4.69) is 22.4 Å². The van der Waals surface area contributed by atoms with Crippen molar-refractivity contribution >= 4 is 11.3 Å². The number of nitrogens with zero attached hydrogens (tertiary/aromatic N) is 2. The Balaban J connectivity index is 2.26. The average molecular weight is 267 g/mol. The van der Waals surface area contributed by atoms with Crippen LogP contribution in [0.15, 0.2) is 0 Å². The van der Waals surface area contributed by atoms with Crippen LogP contribution in [-0.2, 0) is 12.8 Å². The van der Waals surface area contributed by atoms with Gasteiger partial charge in [0.1, 0.15) is 10.0 Å². The van der Waals surface area contributed by atoms with Gasteiger partial charge in [0.15, 0.2) is 0 Å². The lowest BCUT2D eigenvalue weighted by Gasteiger charge is -2.01. The molecule has 1 heterocycles. The minimum absolute atomic E-state index is 0.0500. The molecule has 0 aliphatic carbocycles. The van der Waals surface area contributed by atoms with Crippen LogP contribution in [0.5, 0.6) is 0 Å². The molecule has 0 spiro atoms. The standard InChI is InChI=1S/C10H16F3N3S/c1-2-5-14-6-3-4-8-15-16-9(17-8)7-10(11,12)13/h14H,2-7H2,1H3. The second-order valence-corrected chi connectivity index (χ2v) is 4.88. The third-order valence-corrected chi connectivity index (χ3v) is 3.01. The van der Waals surface area contributed by atoms with Gasteiger partial charge in [0, 0.05) is 6.42 Å². The van der Waals surface area contributed by atoms with E-state index in [1.54, 1.807) is 0 Å². The van der Waals surface area contributed by atoms with Crippen molar-refractivity contribution in [2.24, 2.45) is 0 Å². The molecule has 1 N–H and O–H groups in total. The molecule has 0 unspecified atom stereocenters. The Morgan fingerprint density at radius 3 is 2.53 bits per heavy atom. The van der Waals surface area contributed by atoms with Gasteiger partial charge < -0.3 is 5.32 Å². The molecule has 7 heteroatoms. The highest BCUT2D eigenvalue weighted by atomic mass is 32.1. The summed E-state index contributed by atoms with van der Waals surface area (Å²) >= 11 is 1.05. The molecule has 1 aromatic rings. The molecule has 0 aliphatic heterocycles. The van der Waals surface area contributed by atoms with Gasteiger partial charge in [-0.2, -0.15) is 13.2 Å². The first kappa shape index (κ1) is 14.4. The lowest BCUT2D eigenvalue weighted by molar-refractivity contribution is -0.127. The van der Waals surface area contributed by atoms with E-state index < -0.39 is 12.6 Å². The molecular formula is C10H16F3N3S. The molecule has 3 nitrogen and oxygen atoms in total. The van der Waals surface area contributed by atoms with Crippen LogP contribution >= 0.6 is 11.3 Å². The zero-order valence-corrected chi connectivity index (χ0v) is 10.5. The summed E-state index contributed by atoms with van der Waals surface area (Å²) in [4.78, 5) is 0. The number of aryl methyl sites for hydroxylation is 1. The van der Waals surface area contributed by atoms with Crippen LogP contribution in [0.25, 0.3) is 0 Å². The molecule has 0 atom stereocenters. The fourth-order valence-electron chi connectivity index (χ4n) is 1.30. The Kier molecular flexibility index (Phi) is 5.84. The summed E-state index contributed by atoms with van der Waals surface area (Å²) in [5.41, 5.74) is 0. The van der Waals surface area contributed by atoms with Gasteiger partial charge in [-0.25, -0.2) is 0 Å². The monoisotopic (exact) mass is 267 g/mol. The van der Waals surface area contributed by atoms with Gasteiger partial charge in [0.25, 0.3) is 0 Å². The topological polar surface area (TPSA) is 37.8 Å². The van der Waals surface area contributed by atoms with Crippen LogP contribution in [0.1, 0.15) is 29.8 Å². The fourth-order valence-corrected chi connectivity index (χ4v) is 2.22. The number of hydrogen-bond donors (Lipinski definition) is 1. The SMILES string of the molecule is CCCNCCCc1nnc(CC(F)(F)F)s1. The van der Waals surface area contributed by atoms with E-state index in [4.69, 9.17) is 0 Å². The summed E-state index contributed by atoms with van der Waals surface area (Å²) < 4.78 is 36.2. The molecule has 0 fully saturated rings. The van der Waals surface area contributed by atoms with Crippen molar-refractivity contribution in [3.05, 3.63) is 10.0 Å². The number of hydrogen-bond acceptors (Lipinski definition) is 4. The van der Waals surface area contributed by atoms with Crippen LogP contribution < -0.4 is 5.32 Å². The average Bonchev–Trinajstić information content (AvgIpc) is 2.63. The van der Waals surface area contributed by atoms with Crippen LogP contribution in [0, 0.1) is 0 Å². The van der Waals surface area contributed by atoms with Crippen molar-refractivity contribution in [2.75, 3.05) is 13.1 Å². The lowest BCUT2D eigenvalue weighted by Crippen LogP contribution is -2.16. The summed E-state index contributed by atoms with van der Waals surface area (Å²) in [6.07, 6.45) is -2.53. The second-order valence-electron chi connectivity index (χ2n) is 3.74. The van der Waals surface area contributed by atoms with Gasteiger partial charge in [0.05, 0.1) is 6.42 Å². The number of rotatable bonds is 7. The largest absolute Gasteiger partial charge is 0.395 e. The zero-order chi connectivity index (χ0) is 12.7. The van der Waals surface area contributed by atoms with E-state index in [0.29, 0.717) is 11.4 Å². The van der Waals surface area contributed by atoms with Gasteiger partial charge in [-0.3, -0.25) is 0 Å². The van der Waals surface area contributed by atoms with Gasteiger partial charge in [-0.05, 0) is 25.9 Å². The smallest absolute Gasteiger partial charge is 0.317 e. The molecule has 0 radical (unpaired) electrons. The quantitative estimate of drug-likeness (QED) is 0.772. The van der Waals surface area contributed by atoms with Crippen molar-refractivity contribution < 1.29 is 13.2 Å². The van der Waals surface area contributed by atoms with Crippen molar-refractivity contribution in [1.29, 1.82) is 0 Å². The minimum atomic E-state index is -4.19. The van der Waals surface area contributed by atoms with Crippen molar-refractivity contribution in [3.8, 4) is 0 Å². The number of alkyl halides is 3. The molecular weight excluding hydrogens is 251 g/mol. The van der Waals surface area contributed by atoms with Gasteiger partial charge in [-0.15, -0.1) is 21.5 Å². The van der Waals surface area contributed by atoms with E-state index in [-0.39, 0.29) is 5.01 Å². The highest BCUT2D eigenvalue weighted by Gasteiger charge is 2.29. The first-order valence-electron chi connectivity index (χ1n) is 5.60. The van der Waals surface area contributed by atoms with Gasteiger partial charge in [-0.1, -0.05) is 6.92 Å². The van der Waals surface area contributed by atoms with Crippen LogP contribution in [0.4, 0.5) is 13.2 Å². The molecule has 0 saturated carbocycles. The Hall–Kier alpha value is -0.690. The summed E-state index contributed by atoms with van der Waals surface area (Å²) in [6, 6.07) is 0. The maximum atomic E-state index is 12.1. The highest BCUT2D eigenvalue weighted by Crippen LogP contribution is 2.23. The molecule has 0 aromatic carbocycles. The molecule has 0 bridgehead atoms. The Bertz CT molecular complexity index is 325. The van der Waals surface area contributed by atoms with E-state index in [1.165, 1.54) is 0 Å². The van der Waals surface area contributed by atoms with Gasteiger partial charge in [0.2, 0.25) is 0 Å². The van der Waals surface area contributed by atoms with Crippen LogP contribution in [-0.4, -0.2) is 29.5 Å². The van der Waals surface area contributed by atoms with E-state index >= 15 is 0 Å². The van der Waals surface area contributed by atoms with E-state index in [0.717, 1.165) is 37.3 Å². The number of nitrogens with one attached hydrogen (secondary N) is 1. The van der Waals surface area contributed by atoms with E-state index in [1.807, 2.05) is 0 Å². The Labute approximate surface area is 102 Å². The third-order valence-electron chi connectivity index (χ3n) is 2.03. The number of aromatic nitrogens is 2. The molecule has 0 aliphatic rings. The predicted molar refractivity (Wildman–Crippen MR) is 61.1 cm³/mol. The summed E-state index contributed by atoms with van der Waals surface area (Å²) in [5.74, 6) is 0. The molecule has 0 amide bonds. The highest BCUT2D eigenvalue weighted by molar-refractivity contribution is 7.11. The molecule has 1 rings (SSSR count). The first-order chi connectivity index (χ1) is 8.01. The van der Waals surface area contributed by atoms with Crippen LogP contribution in [0.2, 0.25) is 0 Å². The maximum Gasteiger partial charge on any atom is 0.395 e. The summed E-state index contributed by atoms with van der Waals surface area (Å²) in [7, 11) is 0. The third kappa shape index (κ3) is 6.58. The molecule has 0 saturated heterocycles. The second kappa shape index (κ2) is 6.90. The normalized spacial score (nSPS) is 12.0. The Morgan fingerprint density at radius 2 is 1.88 bits per heavy atom. The molecule has 1 aromatic heterocycles. The van der Waals surface area contributed by atoms with Crippen LogP contribution in [0.3, 0.4) is 0 Å². The molecule has 98 valence electrons. The van der Waals surface area contributed by atoms with Gasteiger partial charge >= 0.3 is 6.18 Å². The maximum absolute atomic E-state index is 12.1.